The third-order valence-electron chi connectivity index (χ3n) is 9.30. The van der Waals surface area contributed by atoms with Crippen LogP contribution in [0.5, 0.6) is 0 Å². The number of benzene rings is 1. The number of aromatic amines is 1. The number of nitrogens with zero attached hydrogens (tertiary/aromatic N) is 2. The average Bonchev–Trinajstić information content (AvgIpc) is 3.80. The molecule has 3 heterocycles. The third kappa shape index (κ3) is 11.5. The molecule has 0 radical (unpaired) electrons. The van der Waals surface area contributed by atoms with Crippen LogP contribution in [0.25, 0.3) is 6.08 Å². The van der Waals surface area contributed by atoms with Gasteiger partial charge in [0, 0.05) is 30.4 Å². The van der Waals surface area contributed by atoms with E-state index in [1.807, 2.05) is 0 Å². The summed E-state index contributed by atoms with van der Waals surface area (Å²) in [5, 5.41) is 12.3. The Kier molecular flexibility index (Phi) is 14.7. The quantitative estimate of drug-likeness (QED) is 0.0882. The number of fused-ring (bicyclic) bond motifs is 1. The van der Waals surface area contributed by atoms with Gasteiger partial charge in [-0.3, -0.25) is 42.7 Å². The van der Waals surface area contributed by atoms with Gasteiger partial charge in [0.25, 0.3) is 0 Å². The first-order valence-electron chi connectivity index (χ1n) is 18.5. The van der Waals surface area contributed by atoms with Crippen molar-refractivity contribution in [2.75, 3.05) is 20.1 Å². The number of carbonyl (C=O) groups is 5. The molecule has 18 heteroatoms. The first-order chi connectivity index (χ1) is 26.2. The predicted molar refractivity (Wildman–Crippen MR) is 199 cm³/mol. The maximum absolute atomic E-state index is 15.9. The summed E-state index contributed by atoms with van der Waals surface area (Å²) in [6.45, 7) is 7.27. The summed E-state index contributed by atoms with van der Waals surface area (Å²) in [5.74, 6) is -2.79. The van der Waals surface area contributed by atoms with E-state index in [9.17, 15) is 28.5 Å². The summed E-state index contributed by atoms with van der Waals surface area (Å²) >= 11 is 0. The molecule has 2 fully saturated rings. The number of nitrogens with one attached hydrogen (secondary N) is 3. The van der Waals surface area contributed by atoms with Crippen molar-refractivity contribution >= 4 is 43.3 Å². The molecule has 3 amide bonds. The molecule has 3 N–H and O–H groups in total. The van der Waals surface area contributed by atoms with Crippen LogP contribution < -0.4 is 10.6 Å². The molecule has 2 aliphatic heterocycles. The van der Waals surface area contributed by atoms with Crippen LogP contribution >= 0.6 is 7.60 Å². The predicted octanol–water partition coefficient (Wildman–Crippen LogP) is 5.57. The van der Waals surface area contributed by atoms with E-state index < -0.39 is 73.2 Å². The minimum absolute atomic E-state index is 0.109. The van der Waals surface area contributed by atoms with Crippen molar-refractivity contribution in [2.24, 2.45) is 10.8 Å². The lowest BCUT2D eigenvalue weighted by molar-refractivity contribution is -0.163. The molecule has 2 aliphatic rings. The van der Waals surface area contributed by atoms with E-state index in [1.54, 1.807) is 17.3 Å². The molecule has 0 bridgehead atoms. The summed E-state index contributed by atoms with van der Waals surface area (Å²) in [5.41, 5.74) is -5.88. The maximum atomic E-state index is 15.9. The summed E-state index contributed by atoms with van der Waals surface area (Å²) in [6.07, 6.45) is 10.4. The smallest absolute Gasteiger partial charge is 0.410 e. The first kappa shape index (κ1) is 44.2. The Balaban J connectivity index is 1.40. The Labute approximate surface area is 325 Å². The molecule has 0 aliphatic carbocycles. The van der Waals surface area contributed by atoms with E-state index in [2.05, 4.69) is 20.8 Å². The highest BCUT2D eigenvalue weighted by atomic mass is 31.2. The number of ether oxygens (including phenoxy) is 2. The topological polar surface area (TPSA) is 195 Å². The van der Waals surface area contributed by atoms with E-state index in [0.29, 0.717) is 44.2 Å². The lowest BCUT2D eigenvalue weighted by Crippen LogP contribution is -2.56. The van der Waals surface area contributed by atoms with Crippen LogP contribution in [0, 0.1) is 10.8 Å². The van der Waals surface area contributed by atoms with E-state index in [1.165, 1.54) is 59.8 Å². The zero-order chi connectivity index (χ0) is 41.3. The van der Waals surface area contributed by atoms with Crippen LogP contribution in [0.2, 0.25) is 0 Å². The molecule has 4 rings (SSSR count). The van der Waals surface area contributed by atoms with Crippen LogP contribution in [0.15, 0.2) is 42.7 Å². The first-order valence-corrected chi connectivity index (χ1v) is 20.1. The normalized spacial score (nSPS) is 19.5. The van der Waals surface area contributed by atoms with Gasteiger partial charge in [0.1, 0.15) is 12.1 Å². The molecule has 3 atom stereocenters. The standard InChI is InChI=1S/C38H52F2N5O10P/c1-36(2,3)34(49)52-23-54-56(51,55-24-53-35(50)37(4,5)6)38(39,40)27-14-11-25(12-15-27)13-18-31(46)44-29-10-8-7-9-28-16-17-30(45(28)33(29)48)32(47)41-20-19-26-21-42-43-22-26/h11-15,18,21-22,28-30H,7-10,16-17,19-20,23-24H2,1-6H3,(H,41,47)(H,42,43)(H,44,46)/b18-13+/t28?,29?,30-/m0/s1. The van der Waals surface area contributed by atoms with Crippen LogP contribution in [-0.4, -0.2) is 83.0 Å². The van der Waals surface area contributed by atoms with Crippen molar-refractivity contribution < 1.29 is 55.8 Å². The fourth-order valence-corrected chi connectivity index (χ4v) is 7.31. The molecular formula is C38H52F2N5O10P. The highest BCUT2D eigenvalue weighted by Crippen LogP contribution is 2.67. The van der Waals surface area contributed by atoms with Gasteiger partial charge >= 0.3 is 25.2 Å². The molecule has 0 saturated carbocycles. The van der Waals surface area contributed by atoms with Gasteiger partial charge in [0.2, 0.25) is 31.3 Å². The molecule has 1 aromatic heterocycles. The molecule has 56 heavy (non-hydrogen) atoms. The number of alkyl halides is 2. The number of esters is 2. The minimum atomic E-state index is -5.51. The van der Waals surface area contributed by atoms with Gasteiger partial charge in [-0.1, -0.05) is 37.1 Å². The van der Waals surface area contributed by atoms with Gasteiger partial charge in [0.15, 0.2) is 0 Å². The zero-order valence-corrected chi connectivity index (χ0v) is 33.5. The average molecular weight is 808 g/mol. The fourth-order valence-electron chi connectivity index (χ4n) is 6.06. The van der Waals surface area contributed by atoms with Gasteiger partial charge in [-0.2, -0.15) is 13.9 Å². The van der Waals surface area contributed by atoms with Crippen molar-refractivity contribution in [2.45, 2.75) is 110 Å². The van der Waals surface area contributed by atoms with Gasteiger partial charge in [-0.25, -0.2) is 0 Å². The second kappa shape index (κ2) is 18.6. The Bertz CT molecular complexity index is 1740. The SMILES string of the molecule is CC(C)(C)C(=O)OCOP(=O)(OCOC(=O)C(C)(C)C)C(F)(F)c1ccc(/C=C/C(=O)NC2CCCCC3CC[C@@H](C(=O)NCCc4cn[nH]c4)N3C2=O)cc1. The summed E-state index contributed by atoms with van der Waals surface area (Å²) in [7, 11) is -5.51. The van der Waals surface area contributed by atoms with E-state index in [-0.39, 0.29) is 17.9 Å². The lowest BCUT2D eigenvalue weighted by atomic mass is 9.98. The molecule has 2 aromatic rings. The van der Waals surface area contributed by atoms with Crippen LogP contribution in [0.1, 0.15) is 96.8 Å². The maximum Gasteiger partial charge on any atom is 0.410 e. The third-order valence-corrected chi connectivity index (χ3v) is 11.1. The number of H-pyrrole nitrogens is 1. The monoisotopic (exact) mass is 807 g/mol. The van der Waals surface area contributed by atoms with E-state index in [0.717, 1.165) is 36.6 Å². The lowest BCUT2D eigenvalue weighted by Gasteiger charge is -2.35. The molecule has 308 valence electrons. The highest BCUT2D eigenvalue weighted by Gasteiger charge is 2.56. The van der Waals surface area contributed by atoms with Crippen molar-refractivity contribution in [3.8, 4) is 0 Å². The number of carbonyl (C=O) groups excluding carboxylic acids is 5. The zero-order valence-electron chi connectivity index (χ0n) is 32.6. The summed E-state index contributed by atoms with van der Waals surface area (Å²) in [4.78, 5) is 66.0. The summed E-state index contributed by atoms with van der Waals surface area (Å²) in [6, 6.07) is 2.75. The number of rotatable bonds is 15. The molecular weight excluding hydrogens is 755 g/mol. The van der Waals surface area contributed by atoms with Crippen LogP contribution in [-0.2, 0) is 59.1 Å². The second-order valence-electron chi connectivity index (χ2n) is 15.8. The molecule has 15 nitrogen and oxygen atoms in total. The Hall–Kier alpha value is -4.47. The number of amides is 3. The molecule has 1 aromatic carbocycles. The molecule has 2 saturated heterocycles. The minimum Gasteiger partial charge on any atom is -0.438 e. The van der Waals surface area contributed by atoms with Crippen molar-refractivity contribution in [3.63, 3.8) is 0 Å². The van der Waals surface area contributed by atoms with Gasteiger partial charge in [-0.15, -0.1) is 0 Å². The van der Waals surface area contributed by atoms with Crippen molar-refractivity contribution in [3.05, 3.63) is 59.4 Å². The summed E-state index contributed by atoms with van der Waals surface area (Å²) < 4.78 is 64.9. The highest BCUT2D eigenvalue weighted by molar-refractivity contribution is 7.54. The Morgan fingerprint density at radius 1 is 0.929 bits per heavy atom. The van der Waals surface area contributed by atoms with Crippen molar-refractivity contribution in [1.82, 2.24) is 25.7 Å². The van der Waals surface area contributed by atoms with Crippen LogP contribution in [0.3, 0.4) is 0 Å². The van der Waals surface area contributed by atoms with Crippen LogP contribution in [0.4, 0.5) is 8.78 Å². The fraction of sp³-hybridized carbons (Fsp3) is 0.579. The van der Waals surface area contributed by atoms with Crippen molar-refractivity contribution in [1.29, 1.82) is 0 Å². The van der Waals surface area contributed by atoms with E-state index >= 15 is 8.78 Å². The van der Waals surface area contributed by atoms with Gasteiger partial charge in [-0.05, 0) is 90.8 Å². The molecule has 0 spiro atoms. The number of hydrogen-bond donors (Lipinski definition) is 3. The van der Waals surface area contributed by atoms with E-state index in [4.69, 9.17) is 18.5 Å². The number of aromatic nitrogens is 2. The Morgan fingerprint density at radius 2 is 1.54 bits per heavy atom. The molecule has 2 unspecified atom stereocenters. The number of halogens is 2. The largest absolute Gasteiger partial charge is 0.438 e. The number of hydrogen-bond acceptors (Lipinski definition) is 11. The second-order valence-corrected chi connectivity index (χ2v) is 17.9. The van der Waals surface area contributed by atoms with Gasteiger partial charge in [0.05, 0.1) is 17.0 Å². The van der Waals surface area contributed by atoms with Gasteiger partial charge < -0.3 is 25.0 Å². The Morgan fingerprint density at radius 3 is 2.11 bits per heavy atom.